The zero-order chi connectivity index (χ0) is 112. The number of aliphatic hydroxyl groups is 8. The molecular formula is C124H192N4O22. The molecule has 16 aliphatic rings. The molecule has 150 heavy (non-hydrogen) atoms. The maximum atomic E-state index is 13.0. The van der Waals surface area contributed by atoms with Gasteiger partial charge in [0, 0.05) is 62.1 Å². The molecule has 0 aromatic rings. The lowest BCUT2D eigenvalue weighted by Gasteiger charge is -2.70. The van der Waals surface area contributed by atoms with Crippen molar-refractivity contribution in [1.82, 2.24) is 0 Å². The van der Waals surface area contributed by atoms with Crippen molar-refractivity contribution in [2.45, 2.75) is 446 Å². The highest BCUT2D eigenvalue weighted by molar-refractivity contribution is 5.98. The summed E-state index contributed by atoms with van der Waals surface area (Å²) in [4.78, 5) is 100. The smallest absolute Gasteiger partial charge is 0.331 e. The van der Waals surface area contributed by atoms with E-state index in [1.165, 1.54) is 27.7 Å². The standard InChI is InChI=1S/2C32H49NO5.2C30H47NO6/c1-17(2)10-9-11-21(19(4)34)27-23-14-25(36)29-30(6)15-24(33)28(37)18(3)22(30)12-13-31(29,7)32(23,8)16-26(27)38-20(5)35;1-17(2)10-9-11-21(19(4)34)28-23-14-25(37)29-30(6,31(23,7)16-26(28)38-20(5)35)13-12-22-18(3)24(36)15-27(33)32(22,29)8;2*1-15(2)8-9-18(27(35)36)23-20-14-22(34)25-28(5)12-11-21(33)16(3)19(28)10-13-29(25,6)30(20,7)26(31)24(23)37-17(4)32/h9-11,18,22-26,28-29,36-37H,12-16,33H2,1-8H3;9-11,18,22-27,29,36-37H,12-16,33H2,1-8H3;2*8,16,19-22,24-26,33-34H,9-14,31H2,1-7H3,(H,35,36)/b11-9-,27-21-;11-9-,28-21-;2*23-18-/t18-,22-,23-,24+,25+,26-,28-,29-,30-,31-,32-;18-,22-,23-,24+,25+,26-,27-,29+,30-,31-,32+;16-,19-,20-,21+,22+,24+,25-,26+,28-,29-,30+;16-,19-,20-,21+,22+,24+,25-,26-,28-,29-,30+/m0000/s1. The van der Waals surface area contributed by atoms with Crippen LogP contribution in [0.4, 0.5) is 0 Å². The van der Waals surface area contributed by atoms with Gasteiger partial charge in [0.15, 0.2) is 11.6 Å². The molecule has 16 saturated carbocycles. The van der Waals surface area contributed by atoms with Crippen molar-refractivity contribution in [2.24, 2.45) is 183 Å². The lowest BCUT2D eigenvalue weighted by atomic mass is 9.35. The van der Waals surface area contributed by atoms with E-state index in [2.05, 4.69) is 111 Å². The van der Waals surface area contributed by atoms with E-state index in [0.29, 0.717) is 98.3 Å². The van der Waals surface area contributed by atoms with E-state index in [1.54, 1.807) is 13.8 Å². The normalized spacial score (nSPS) is 47.9. The molecular weight excluding hydrogens is 1900 g/mol. The molecule has 16 aliphatic carbocycles. The Bertz CT molecular complexity index is 5330. The van der Waals surface area contributed by atoms with Crippen LogP contribution in [0.2, 0.25) is 0 Å². The van der Waals surface area contributed by atoms with Crippen molar-refractivity contribution in [3.05, 3.63) is 115 Å². The Morgan fingerprint density at radius 2 is 0.660 bits per heavy atom. The number of Topliss-reactive ketones (excluding diaryl/α,β-unsaturated/α-hetero) is 2. The topological polar surface area (TPSA) is 480 Å². The number of nitrogens with two attached hydrogens (primary N) is 4. The van der Waals surface area contributed by atoms with E-state index >= 15 is 0 Å². The fraction of sp³-hybridized carbons (Fsp3) is 0.774. The summed E-state index contributed by atoms with van der Waals surface area (Å²) in [6, 6.07) is -1.71. The summed E-state index contributed by atoms with van der Waals surface area (Å²) in [5.74, 6) is -3.22. The van der Waals surface area contributed by atoms with Gasteiger partial charge in [-0.2, -0.15) is 0 Å². The average Bonchev–Trinajstić information content (AvgIpc) is 1.54. The van der Waals surface area contributed by atoms with Gasteiger partial charge in [0.05, 0.1) is 60.9 Å². The fourth-order valence-corrected chi connectivity index (χ4v) is 38.9. The Labute approximate surface area is 895 Å². The van der Waals surface area contributed by atoms with Crippen molar-refractivity contribution >= 4 is 47.4 Å². The number of carbonyl (C=O) groups is 8. The molecule has 0 radical (unpaired) electrons. The van der Waals surface area contributed by atoms with Gasteiger partial charge in [-0.25, -0.2) is 9.59 Å². The van der Waals surface area contributed by atoms with Crippen LogP contribution in [-0.2, 0) is 57.3 Å². The van der Waals surface area contributed by atoms with Crippen LogP contribution < -0.4 is 22.9 Å². The van der Waals surface area contributed by atoms with Crippen molar-refractivity contribution in [1.29, 1.82) is 0 Å². The number of carboxylic acid groups (broad SMARTS) is 2. The molecule has 840 valence electrons. The van der Waals surface area contributed by atoms with Gasteiger partial charge in [0.1, 0.15) is 24.4 Å². The number of rotatable bonds is 16. The molecule has 18 N–H and O–H groups in total. The Hall–Kier alpha value is -6.92. The maximum Gasteiger partial charge on any atom is 0.331 e. The first kappa shape index (κ1) is 120. The van der Waals surface area contributed by atoms with Crippen molar-refractivity contribution in [3.63, 3.8) is 0 Å². The number of allylic oxidation sites excluding steroid dienone is 14. The number of aliphatic hydroxyl groups excluding tert-OH is 8. The highest BCUT2D eigenvalue weighted by Crippen LogP contribution is 2.81. The first-order valence-electron chi connectivity index (χ1n) is 56.9. The second-order valence-electron chi connectivity index (χ2n) is 54.5. The number of aliphatic carboxylic acids is 2. The average molecular weight is 2090 g/mol. The third-order valence-corrected chi connectivity index (χ3v) is 46.2. The van der Waals surface area contributed by atoms with Gasteiger partial charge in [0.2, 0.25) is 0 Å². The number of ketones is 2. The number of hydrogen-bond donors (Lipinski definition) is 14. The zero-order valence-electron chi connectivity index (χ0n) is 96.3. The highest BCUT2D eigenvalue weighted by atomic mass is 16.6. The molecule has 0 spiro atoms. The predicted molar refractivity (Wildman–Crippen MR) is 580 cm³/mol. The van der Waals surface area contributed by atoms with Crippen LogP contribution in [0.25, 0.3) is 0 Å². The van der Waals surface area contributed by atoms with Crippen LogP contribution in [-0.4, -0.2) is 196 Å². The largest absolute Gasteiger partial charge is 0.478 e. The maximum absolute atomic E-state index is 13.0. The van der Waals surface area contributed by atoms with Crippen LogP contribution in [0.3, 0.4) is 0 Å². The number of carboxylic acids is 2. The molecule has 0 aromatic heterocycles. The second-order valence-corrected chi connectivity index (χ2v) is 54.5. The summed E-state index contributed by atoms with van der Waals surface area (Å²) in [6.45, 7) is 60.0. The third-order valence-electron chi connectivity index (χ3n) is 46.2. The molecule has 26 nitrogen and oxygen atoms in total. The van der Waals surface area contributed by atoms with E-state index in [1.807, 2.05) is 104 Å². The minimum atomic E-state index is -1.03. The number of carbonyl (C=O) groups excluding carboxylic acids is 6. The molecule has 16 rings (SSSR count). The Balaban J connectivity index is 0.000000167. The minimum Gasteiger partial charge on any atom is -0.478 e. The first-order chi connectivity index (χ1) is 69.4. The zero-order valence-corrected chi connectivity index (χ0v) is 96.3. The molecule has 0 unspecified atom stereocenters. The minimum absolute atomic E-state index is 0.00433. The Morgan fingerprint density at radius 1 is 0.340 bits per heavy atom. The van der Waals surface area contributed by atoms with Crippen molar-refractivity contribution in [2.75, 3.05) is 0 Å². The van der Waals surface area contributed by atoms with E-state index in [0.717, 1.165) is 97.6 Å². The quantitative estimate of drug-likeness (QED) is 0.0224. The SMILES string of the molecule is CC(=O)O[C@@H]1/C(=C(/CC=C(C)C)C(=O)O)[C@@H]2C[C@@H](O)[C@H]3[C@@]4(C)CC[C@@H](O)[C@@H](C)[C@@H]4CC[C@]3(C)[C@@]2(C)[C@@H]1N.CC(=O)O[C@@H]1/C(=C(/CC=C(C)C)C(=O)O)[C@@H]2C[C@@H](O)[C@H]3[C@@]4(C)CC[C@@H](O)[C@@H](C)[C@@H]4CC[C@]3(C)[C@@]2(C)[C@H]1N.CC(=O)O[C@H]1C[C@@]2(C)[C@@H](C[C@@H](O)[C@H]3[C@@]4(C)C[C@@H](N)[C@@H](O)[C@@H](C)[C@@H]4CC[C@@]32C)/C1=C(\C=C/C=C(C)C)C(C)=O.CC(=O)O[C@H]1C[C@@]2(C)[C@@H](C[C@@H](O)[C@H]3[C@@]4(C)[C@@H](N)C[C@@H](O)[C@@H](C)[C@@H]4CC[C@@]32C)/C1=C(\C=C/C=C(C)C)C(C)=O. The van der Waals surface area contributed by atoms with Crippen LogP contribution in [0.15, 0.2) is 115 Å². The molecule has 0 aliphatic heterocycles. The fourth-order valence-electron chi connectivity index (χ4n) is 38.9. The Kier molecular flexibility index (Phi) is 34.8. The predicted octanol–water partition coefficient (Wildman–Crippen LogP) is 18.2. The molecule has 26 heteroatoms. The molecule has 0 bridgehead atoms. The number of ether oxygens (including phenoxy) is 4. The summed E-state index contributed by atoms with van der Waals surface area (Å²) >= 11 is 0. The lowest BCUT2D eigenvalue weighted by molar-refractivity contribution is -0.239. The molecule has 0 saturated heterocycles. The summed E-state index contributed by atoms with van der Waals surface area (Å²) in [7, 11) is 0. The highest BCUT2D eigenvalue weighted by Gasteiger charge is 2.79. The molecule has 16 fully saturated rings. The number of hydrogen-bond acceptors (Lipinski definition) is 24. The van der Waals surface area contributed by atoms with E-state index < -0.39 is 119 Å². The molecule has 0 heterocycles. The van der Waals surface area contributed by atoms with Gasteiger partial charge in [0.25, 0.3) is 0 Å². The van der Waals surface area contributed by atoms with Crippen LogP contribution in [0.5, 0.6) is 0 Å². The first-order valence-corrected chi connectivity index (χ1v) is 56.9. The lowest BCUT2D eigenvalue weighted by Crippen LogP contribution is -2.70. The Morgan fingerprint density at radius 3 is 1.00 bits per heavy atom. The van der Waals surface area contributed by atoms with Crippen LogP contribution >= 0.6 is 0 Å². The van der Waals surface area contributed by atoms with E-state index in [-0.39, 0.29) is 198 Å². The summed E-state index contributed by atoms with van der Waals surface area (Å²) in [6.07, 6.45) is 23.4. The van der Waals surface area contributed by atoms with E-state index in [4.69, 9.17) is 41.9 Å². The van der Waals surface area contributed by atoms with Gasteiger partial charge in [-0.3, -0.25) is 28.8 Å². The summed E-state index contributed by atoms with van der Waals surface area (Å²) in [5, 5.41) is 111. The van der Waals surface area contributed by atoms with Crippen LogP contribution in [0, 0.1) is 160 Å². The van der Waals surface area contributed by atoms with Crippen molar-refractivity contribution < 1.29 is 108 Å². The van der Waals surface area contributed by atoms with Crippen molar-refractivity contribution in [3.8, 4) is 0 Å². The van der Waals surface area contributed by atoms with Gasteiger partial charge in [-0.15, -0.1) is 0 Å². The summed E-state index contributed by atoms with van der Waals surface area (Å²) < 4.78 is 23.6. The second kappa shape index (κ2) is 43.5. The monoisotopic (exact) mass is 2090 g/mol. The molecule has 0 amide bonds. The number of fused-ring (bicyclic) bond motifs is 20. The van der Waals surface area contributed by atoms with Crippen LogP contribution in [0.1, 0.15) is 349 Å². The van der Waals surface area contributed by atoms with Gasteiger partial charge < -0.3 is 92.9 Å². The third kappa shape index (κ3) is 19.6. The number of esters is 4. The van der Waals surface area contributed by atoms with Gasteiger partial charge >= 0.3 is 35.8 Å². The van der Waals surface area contributed by atoms with E-state index in [9.17, 15) is 89.4 Å². The van der Waals surface area contributed by atoms with Gasteiger partial charge in [-0.1, -0.05) is 182 Å². The van der Waals surface area contributed by atoms with Gasteiger partial charge in [-0.05, 0) is 392 Å². The molecule has 0 aromatic carbocycles. The molecule has 44 atom stereocenters. The summed E-state index contributed by atoms with van der Waals surface area (Å²) in [5.41, 5.74) is 32.3.